The van der Waals surface area contributed by atoms with E-state index >= 15 is 0 Å². The van der Waals surface area contributed by atoms with Crippen LogP contribution in [0.1, 0.15) is 342 Å². The molecule has 0 aromatic rings. The molecule has 0 amide bonds. The molecule has 3 N–H and O–H groups in total. The number of aliphatic hydroxyl groups excluding tert-OH is 1. The van der Waals surface area contributed by atoms with Gasteiger partial charge in [0.05, 0.1) is 26.4 Å². The van der Waals surface area contributed by atoms with Gasteiger partial charge in [-0.1, -0.05) is 291 Å². The summed E-state index contributed by atoms with van der Waals surface area (Å²) in [5.74, 6) is -2.14. The SMILES string of the molecule is CCCCCCCCCCCCCCCCCCC(=O)O[C@H](COC(=O)CCCCCCCCCCCCCCCCC)COP(=O)(O)OC[C@@H](O)COP(=O)(O)OC[C@@H](COC(=O)CCCCCCC)OC(=O)CCCCCCCCCCC. The summed E-state index contributed by atoms with van der Waals surface area (Å²) in [6, 6.07) is 0. The van der Waals surface area contributed by atoms with Crippen molar-refractivity contribution < 1.29 is 80.2 Å². The Morgan fingerprint density at radius 1 is 0.282 bits per heavy atom. The zero-order valence-electron chi connectivity index (χ0n) is 54.6. The highest BCUT2D eigenvalue weighted by atomic mass is 31.2. The molecule has 0 bridgehead atoms. The Kier molecular flexibility index (Phi) is 59.6. The van der Waals surface area contributed by atoms with E-state index in [1.807, 2.05) is 0 Å². The summed E-state index contributed by atoms with van der Waals surface area (Å²) < 4.78 is 67.9. The monoisotopic (exact) mass is 1250 g/mol. The fraction of sp³-hybridized carbons (Fsp3) is 0.939. The number of rotatable bonds is 67. The summed E-state index contributed by atoms with van der Waals surface area (Å²) in [5.41, 5.74) is 0. The van der Waals surface area contributed by atoms with Crippen molar-refractivity contribution in [1.29, 1.82) is 0 Å². The summed E-state index contributed by atoms with van der Waals surface area (Å²) in [7, 11) is -9.88. The third-order valence-electron chi connectivity index (χ3n) is 15.4. The van der Waals surface area contributed by atoms with Crippen LogP contribution >= 0.6 is 15.6 Å². The molecular weight excluding hydrogens is 1130 g/mol. The molecule has 5 atom stereocenters. The van der Waals surface area contributed by atoms with E-state index in [9.17, 15) is 43.2 Å². The molecule has 504 valence electrons. The van der Waals surface area contributed by atoms with Crippen molar-refractivity contribution in [2.75, 3.05) is 39.6 Å². The average Bonchev–Trinajstić information content (AvgIpc) is 3.51. The van der Waals surface area contributed by atoms with Crippen LogP contribution in [-0.4, -0.2) is 96.7 Å². The highest BCUT2D eigenvalue weighted by molar-refractivity contribution is 7.47. The van der Waals surface area contributed by atoms with Gasteiger partial charge >= 0.3 is 39.5 Å². The molecule has 0 rings (SSSR count). The van der Waals surface area contributed by atoms with Crippen LogP contribution in [0.4, 0.5) is 0 Å². The second-order valence-electron chi connectivity index (χ2n) is 23.9. The van der Waals surface area contributed by atoms with Crippen LogP contribution in [0.3, 0.4) is 0 Å². The van der Waals surface area contributed by atoms with Gasteiger partial charge in [0.25, 0.3) is 0 Å². The Hall–Kier alpha value is -1.94. The first-order chi connectivity index (χ1) is 41.2. The number of esters is 4. The van der Waals surface area contributed by atoms with Crippen LogP contribution in [0.25, 0.3) is 0 Å². The predicted octanol–water partition coefficient (Wildman–Crippen LogP) is 18.7. The van der Waals surface area contributed by atoms with Crippen LogP contribution in [0.5, 0.6) is 0 Å². The zero-order chi connectivity index (χ0) is 62.6. The van der Waals surface area contributed by atoms with Gasteiger partial charge in [0.15, 0.2) is 12.2 Å². The number of ether oxygens (including phenoxy) is 4. The smallest absolute Gasteiger partial charge is 0.462 e. The van der Waals surface area contributed by atoms with Gasteiger partial charge in [-0.3, -0.25) is 37.3 Å². The molecule has 19 heteroatoms. The molecule has 85 heavy (non-hydrogen) atoms. The molecule has 0 aliphatic rings. The summed E-state index contributed by atoms with van der Waals surface area (Å²) >= 11 is 0. The Balaban J connectivity index is 5.15. The van der Waals surface area contributed by atoms with Gasteiger partial charge < -0.3 is 33.8 Å². The second-order valence-corrected chi connectivity index (χ2v) is 26.8. The van der Waals surface area contributed by atoms with Gasteiger partial charge in [-0.25, -0.2) is 9.13 Å². The standard InChI is InChI=1S/C66H128O17P2/c1-5-9-13-17-20-23-25-27-29-31-33-35-38-41-45-49-53-66(71)83-62(57-77-64(69)51-47-43-39-37-34-32-30-28-26-24-21-18-14-10-6-2)59-81-85(74,75)79-55-60(67)54-78-84(72,73)80-58-61(56-76-63(68)50-46-42-16-12-8-4)82-65(70)52-48-44-40-36-22-19-15-11-7-3/h60-62,67H,5-59H2,1-4H3,(H,72,73)(H,74,75)/t60-,61+,62+/m0/s1. The lowest BCUT2D eigenvalue weighted by Gasteiger charge is -2.21. The molecule has 0 saturated heterocycles. The number of hydrogen-bond donors (Lipinski definition) is 3. The van der Waals surface area contributed by atoms with E-state index in [0.717, 1.165) is 96.3 Å². The normalized spacial score (nSPS) is 14.1. The average molecular weight is 1260 g/mol. The molecular formula is C66H128O17P2. The largest absolute Gasteiger partial charge is 0.472 e. The first-order valence-corrected chi connectivity index (χ1v) is 37.8. The van der Waals surface area contributed by atoms with Gasteiger partial charge in [0.2, 0.25) is 0 Å². The fourth-order valence-electron chi connectivity index (χ4n) is 9.99. The highest BCUT2D eigenvalue weighted by Gasteiger charge is 2.30. The lowest BCUT2D eigenvalue weighted by molar-refractivity contribution is -0.161. The minimum absolute atomic E-state index is 0.105. The number of phosphoric ester groups is 2. The van der Waals surface area contributed by atoms with Crippen molar-refractivity contribution >= 4 is 39.5 Å². The van der Waals surface area contributed by atoms with Crippen molar-refractivity contribution in [3.05, 3.63) is 0 Å². The van der Waals surface area contributed by atoms with E-state index in [0.29, 0.717) is 25.7 Å². The first-order valence-electron chi connectivity index (χ1n) is 34.8. The van der Waals surface area contributed by atoms with Crippen molar-refractivity contribution in [2.24, 2.45) is 0 Å². The number of carbonyl (C=O) groups is 4. The topological polar surface area (TPSA) is 237 Å². The van der Waals surface area contributed by atoms with Crippen LogP contribution < -0.4 is 0 Å². The summed E-state index contributed by atoms with van der Waals surface area (Å²) in [6.07, 6.45) is 47.6. The van der Waals surface area contributed by atoms with Crippen LogP contribution in [0.15, 0.2) is 0 Å². The van der Waals surface area contributed by atoms with Gasteiger partial charge in [-0.15, -0.1) is 0 Å². The Labute approximate surface area is 517 Å². The van der Waals surface area contributed by atoms with Crippen LogP contribution in [0.2, 0.25) is 0 Å². The quantitative estimate of drug-likeness (QED) is 0.0222. The summed E-state index contributed by atoms with van der Waals surface area (Å²) in [5, 5.41) is 10.5. The van der Waals surface area contributed by atoms with Gasteiger partial charge in [0.1, 0.15) is 19.3 Å². The maximum absolute atomic E-state index is 13.0. The van der Waals surface area contributed by atoms with Gasteiger partial charge in [-0.2, -0.15) is 0 Å². The summed E-state index contributed by atoms with van der Waals surface area (Å²) in [4.78, 5) is 72.0. The molecule has 0 saturated carbocycles. The minimum atomic E-state index is -4.94. The zero-order valence-corrected chi connectivity index (χ0v) is 56.4. The Morgan fingerprint density at radius 2 is 0.471 bits per heavy atom. The Morgan fingerprint density at radius 3 is 0.694 bits per heavy atom. The number of hydrogen-bond acceptors (Lipinski definition) is 15. The number of carbonyl (C=O) groups excluding carboxylic acids is 4. The maximum Gasteiger partial charge on any atom is 0.472 e. The molecule has 0 aromatic heterocycles. The number of unbranched alkanes of at least 4 members (excludes halogenated alkanes) is 41. The molecule has 2 unspecified atom stereocenters. The maximum atomic E-state index is 13.0. The van der Waals surface area contributed by atoms with E-state index in [1.54, 1.807) is 0 Å². The molecule has 0 heterocycles. The van der Waals surface area contributed by atoms with E-state index in [1.165, 1.54) is 167 Å². The van der Waals surface area contributed by atoms with Crippen LogP contribution in [-0.2, 0) is 65.4 Å². The molecule has 0 aliphatic carbocycles. The van der Waals surface area contributed by atoms with E-state index in [4.69, 9.17) is 37.0 Å². The molecule has 0 fully saturated rings. The molecule has 17 nitrogen and oxygen atoms in total. The lowest BCUT2D eigenvalue weighted by atomic mass is 10.0. The van der Waals surface area contributed by atoms with E-state index in [2.05, 4.69) is 27.7 Å². The lowest BCUT2D eigenvalue weighted by Crippen LogP contribution is -2.30. The van der Waals surface area contributed by atoms with Gasteiger partial charge in [-0.05, 0) is 25.7 Å². The molecule has 0 spiro atoms. The highest BCUT2D eigenvalue weighted by Crippen LogP contribution is 2.45. The fourth-order valence-corrected chi connectivity index (χ4v) is 11.6. The van der Waals surface area contributed by atoms with Crippen molar-refractivity contribution in [3.8, 4) is 0 Å². The third-order valence-corrected chi connectivity index (χ3v) is 17.3. The number of phosphoric acid groups is 2. The predicted molar refractivity (Wildman–Crippen MR) is 340 cm³/mol. The van der Waals surface area contributed by atoms with Crippen molar-refractivity contribution in [1.82, 2.24) is 0 Å². The van der Waals surface area contributed by atoms with Crippen LogP contribution in [0, 0.1) is 0 Å². The number of aliphatic hydroxyl groups is 1. The van der Waals surface area contributed by atoms with Gasteiger partial charge in [0, 0.05) is 25.7 Å². The van der Waals surface area contributed by atoms with E-state index < -0.39 is 97.5 Å². The molecule has 0 radical (unpaired) electrons. The Bertz CT molecular complexity index is 1640. The second kappa shape index (κ2) is 60.9. The van der Waals surface area contributed by atoms with E-state index in [-0.39, 0.29) is 25.7 Å². The molecule has 0 aliphatic heterocycles. The third kappa shape index (κ3) is 60.7. The first kappa shape index (κ1) is 83.1. The van der Waals surface area contributed by atoms with Crippen molar-refractivity contribution in [3.63, 3.8) is 0 Å². The summed E-state index contributed by atoms with van der Waals surface area (Å²) in [6.45, 7) is 4.82. The molecule has 0 aromatic carbocycles. The minimum Gasteiger partial charge on any atom is -0.462 e. The van der Waals surface area contributed by atoms with Crippen molar-refractivity contribution in [2.45, 2.75) is 361 Å².